The number of para-hydroxylation sites is 1. The number of rotatable bonds is 5. The van der Waals surface area contributed by atoms with Gasteiger partial charge in [-0.25, -0.2) is 8.42 Å². The van der Waals surface area contributed by atoms with E-state index in [4.69, 9.17) is 11.6 Å². The third kappa shape index (κ3) is 3.33. The van der Waals surface area contributed by atoms with Crippen molar-refractivity contribution in [3.05, 3.63) is 77.0 Å². The summed E-state index contributed by atoms with van der Waals surface area (Å²) < 4.78 is 66.5. The van der Waals surface area contributed by atoms with E-state index in [9.17, 15) is 26.4 Å². The average molecular weight is 428 g/mol. The van der Waals surface area contributed by atoms with Crippen LogP contribution in [0, 0.1) is 0 Å². The molecule has 0 radical (unpaired) electrons. The summed E-state index contributed by atoms with van der Waals surface area (Å²) in [5.74, 6) is 0. The van der Waals surface area contributed by atoms with Crippen molar-refractivity contribution in [2.75, 3.05) is 0 Å². The summed E-state index contributed by atoms with van der Waals surface area (Å²) >= 11 is 5.83. The number of alkyl halides is 3. The van der Waals surface area contributed by atoms with Crippen molar-refractivity contribution in [1.29, 1.82) is 0 Å². The topological polar surface area (TPSA) is 67.0 Å². The van der Waals surface area contributed by atoms with Crippen molar-refractivity contribution in [2.45, 2.75) is 16.3 Å². The van der Waals surface area contributed by atoms with E-state index in [0.29, 0.717) is 10.6 Å². The van der Waals surface area contributed by atoms with Crippen molar-refractivity contribution in [2.24, 2.45) is 0 Å². The number of carbonyl (C=O) groups excluding carboxylic acids is 1. The van der Waals surface area contributed by atoms with Gasteiger partial charge in [0.1, 0.15) is 10.1 Å². The van der Waals surface area contributed by atoms with E-state index in [1.54, 1.807) is 0 Å². The zero-order valence-corrected chi connectivity index (χ0v) is 15.7. The minimum Gasteiger partial charge on any atom is -0.351 e. The number of fused-ring (bicyclic) bond motifs is 1. The molecule has 1 atom stereocenters. The smallest absolute Gasteiger partial charge is 0.351 e. The van der Waals surface area contributed by atoms with Crippen molar-refractivity contribution in [3.63, 3.8) is 0 Å². The van der Waals surface area contributed by atoms with Crippen LogP contribution in [0.5, 0.6) is 0 Å². The zero-order valence-electron chi connectivity index (χ0n) is 14.1. The summed E-state index contributed by atoms with van der Waals surface area (Å²) in [6.45, 7) is 3.54. The largest absolute Gasteiger partial charge is 0.418 e. The number of sulfone groups is 1. The Balaban J connectivity index is 2.31. The second-order valence-electron chi connectivity index (χ2n) is 5.96. The number of benzene rings is 2. The molecule has 4 nitrogen and oxygen atoms in total. The zero-order chi connectivity index (χ0) is 20.7. The Morgan fingerprint density at radius 2 is 1.75 bits per heavy atom. The monoisotopic (exact) mass is 427 g/mol. The molecule has 1 unspecified atom stereocenters. The highest BCUT2D eigenvalue weighted by molar-refractivity contribution is 7.92. The highest BCUT2D eigenvalue weighted by Gasteiger charge is 2.37. The first kappa shape index (κ1) is 20.2. The predicted molar refractivity (Wildman–Crippen MR) is 100 cm³/mol. The van der Waals surface area contributed by atoms with Gasteiger partial charge in [0, 0.05) is 10.4 Å². The van der Waals surface area contributed by atoms with Gasteiger partial charge in [0.25, 0.3) is 0 Å². The second-order valence-corrected chi connectivity index (χ2v) is 8.41. The molecule has 3 rings (SSSR count). The summed E-state index contributed by atoms with van der Waals surface area (Å²) in [6.07, 6.45) is -3.38. The Morgan fingerprint density at radius 1 is 1.11 bits per heavy atom. The SMILES string of the molecule is C=CC(c1ccc(Cl)cc1)S(=O)(=O)c1c(C=O)[nH]c2c(C(F)(F)F)cccc12. The van der Waals surface area contributed by atoms with Gasteiger partial charge >= 0.3 is 6.18 Å². The number of hydrogen-bond acceptors (Lipinski definition) is 3. The number of aldehydes is 1. The van der Waals surface area contributed by atoms with Crippen LogP contribution < -0.4 is 0 Å². The number of halogens is 4. The molecule has 0 saturated carbocycles. The first-order valence-corrected chi connectivity index (χ1v) is 9.82. The normalized spacial score (nSPS) is 13.4. The molecule has 1 N–H and O–H groups in total. The molecule has 0 saturated heterocycles. The lowest BCUT2D eigenvalue weighted by Crippen LogP contribution is -2.13. The molecule has 0 aliphatic carbocycles. The van der Waals surface area contributed by atoms with Gasteiger partial charge in [0.15, 0.2) is 16.1 Å². The van der Waals surface area contributed by atoms with Gasteiger partial charge in [0.05, 0.1) is 16.8 Å². The molecular weight excluding hydrogens is 415 g/mol. The van der Waals surface area contributed by atoms with E-state index in [0.717, 1.165) is 18.2 Å². The molecule has 3 aromatic rings. The van der Waals surface area contributed by atoms with Crippen LogP contribution in [0.1, 0.15) is 26.9 Å². The number of H-pyrrole nitrogens is 1. The Morgan fingerprint density at radius 3 is 2.29 bits per heavy atom. The molecule has 0 aliphatic rings. The van der Waals surface area contributed by atoms with Crippen LogP contribution in [-0.2, 0) is 16.0 Å². The Hall–Kier alpha value is -2.58. The van der Waals surface area contributed by atoms with Crippen molar-refractivity contribution < 1.29 is 26.4 Å². The molecule has 146 valence electrons. The van der Waals surface area contributed by atoms with Crippen LogP contribution in [0.2, 0.25) is 5.02 Å². The van der Waals surface area contributed by atoms with Gasteiger partial charge in [-0.2, -0.15) is 13.2 Å². The van der Waals surface area contributed by atoms with E-state index in [-0.39, 0.29) is 11.7 Å². The molecule has 1 aromatic heterocycles. The predicted octanol–water partition coefficient (Wildman–Crippen LogP) is 5.35. The molecule has 9 heteroatoms. The quantitative estimate of drug-likeness (QED) is 0.440. The van der Waals surface area contributed by atoms with Crippen molar-refractivity contribution in [1.82, 2.24) is 4.98 Å². The lowest BCUT2D eigenvalue weighted by atomic mass is 10.1. The van der Waals surface area contributed by atoms with E-state index in [1.165, 1.54) is 30.3 Å². The van der Waals surface area contributed by atoms with Crippen molar-refractivity contribution in [3.8, 4) is 0 Å². The van der Waals surface area contributed by atoms with Crippen LogP contribution in [0.15, 0.2) is 60.0 Å². The number of nitrogens with one attached hydrogen (secondary N) is 1. The first-order chi connectivity index (χ1) is 13.1. The minimum atomic E-state index is -4.72. The molecule has 0 fully saturated rings. The van der Waals surface area contributed by atoms with Crippen LogP contribution in [0.4, 0.5) is 13.2 Å². The van der Waals surface area contributed by atoms with Crippen LogP contribution >= 0.6 is 11.6 Å². The average Bonchev–Trinajstić information content (AvgIpc) is 3.02. The third-order valence-corrected chi connectivity index (χ3v) is 6.66. The van der Waals surface area contributed by atoms with Gasteiger partial charge in [-0.3, -0.25) is 4.79 Å². The third-order valence-electron chi connectivity index (χ3n) is 4.27. The Labute approximate surface area is 163 Å². The summed E-state index contributed by atoms with van der Waals surface area (Å²) in [7, 11) is -4.30. The summed E-state index contributed by atoms with van der Waals surface area (Å²) in [5.41, 5.74) is -1.66. The maximum Gasteiger partial charge on any atom is 0.418 e. The van der Waals surface area contributed by atoms with E-state index < -0.39 is 42.9 Å². The standard InChI is InChI=1S/C19H13ClF3NO3S/c1-2-16(11-6-8-12(20)9-7-11)28(26,27)18-13-4-3-5-14(19(21,22)23)17(13)24-15(18)10-25/h2-10,16,24H,1H2. The highest BCUT2D eigenvalue weighted by atomic mass is 35.5. The summed E-state index contributed by atoms with van der Waals surface area (Å²) in [4.78, 5) is 13.3. The van der Waals surface area contributed by atoms with E-state index >= 15 is 0 Å². The van der Waals surface area contributed by atoms with Gasteiger partial charge < -0.3 is 4.98 Å². The molecule has 0 amide bonds. The van der Waals surface area contributed by atoms with Gasteiger partial charge in [-0.15, -0.1) is 6.58 Å². The van der Waals surface area contributed by atoms with E-state index in [1.807, 2.05) is 0 Å². The molecular formula is C19H13ClF3NO3S. The molecule has 28 heavy (non-hydrogen) atoms. The lowest BCUT2D eigenvalue weighted by molar-refractivity contribution is -0.136. The van der Waals surface area contributed by atoms with Crippen LogP contribution in [-0.4, -0.2) is 19.7 Å². The van der Waals surface area contributed by atoms with E-state index in [2.05, 4.69) is 11.6 Å². The molecule has 0 bridgehead atoms. The van der Waals surface area contributed by atoms with Crippen LogP contribution in [0.25, 0.3) is 10.9 Å². The van der Waals surface area contributed by atoms with Crippen LogP contribution in [0.3, 0.4) is 0 Å². The van der Waals surface area contributed by atoms with Gasteiger partial charge in [0.2, 0.25) is 0 Å². The molecule has 0 aliphatic heterocycles. The lowest BCUT2D eigenvalue weighted by Gasteiger charge is -2.15. The Bertz CT molecular complexity index is 1170. The number of aromatic amines is 1. The number of carbonyl (C=O) groups is 1. The maximum absolute atomic E-state index is 13.3. The van der Waals surface area contributed by atoms with Gasteiger partial charge in [-0.1, -0.05) is 41.9 Å². The highest BCUT2D eigenvalue weighted by Crippen LogP contribution is 2.40. The second kappa shape index (κ2) is 7.10. The molecule has 0 spiro atoms. The Kier molecular flexibility index (Phi) is 5.12. The molecule has 1 heterocycles. The number of hydrogen-bond donors (Lipinski definition) is 1. The molecule has 2 aromatic carbocycles. The number of aromatic nitrogens is 1. The fourth-order valence-electron chi connectivity index (χ4n) is 3.06. The first-order valence-electron chi connectivity index (χ1n) is 7.90. The minimum absolute atomic E-state index is 0.190. The van der Waals surface area contributed by atoms with Gasteiger partial charge in [-0.05, 0) is 23.8 Å². The fraction of sp³-hybridized carbons (Fsp3) is 0.105. The summed E-state index contributed by atoms with van der Waals surface area (Å²) in [5, 5.41) is -1.10. The maximum atomic E-state index is 13.3. The summed E-state index contributed by atoms with van der Waals surface area (Å²) in [6, 6.07) is 9.06. The fourth-order valence-corrected chi connectivity index (χ4v) is 5.09. The van der Waals surface area contributed by atoms with Crippen molar-refractivity contribution >= 4 is 38.6 Å².